The summed E-state index contributed by atoms with van der Waals surface area (Å²) in [7, 11) is 0. The maximum atomic E-state index is 5.90. The van der Waals surface area contributed by atoms with Gasteiger partial charge >= 0.3 is 0 Å². The van der Waals surface area contributed by atoms with E-state index >= 15 is 0 Å². The zero-order chi connectivity index (χ0) is 13.0. The lowest BCUT2D eigenvalue weighted by Gasteiger charge is -2.26. The minimum atomic E-state index is 0.383. The van der Waals surface area contributed by atoms with Crippen molar-refractivity contribution < 1.29 is 4.74 Å². The van der Waals surface area contributed by atoms with Crippen molar-refractivity contribution in [2.45, 2.75) is 45.4 Å². The van der Waals surface area contributed by atoms with Crippen LogP contribution in [0.5, 0.6) is 0 Å². The molecular weight excluding hydrogens is 224 g/mol. The van der Waals surface area contributed by atoms with E-state index in [2.05, 4.69) is 43.0 Å². The highest BCUT2D eigenvalue weighted by Gasteiger charge is 2.23. The number of benzene rings is 1. The molecule has 3 nitrogen and oxygen atoms in total. The van der Waals surface area contributed by atoms with Crippen LogP contribution in [0.15, 0.2) is 24.3 Å². The fourth-order valence-corrected chi connectivity index (χ4v) is 2.53. The normalized spacial score (nSPS) is 23.3. The van der Waals surface area contributed by atoms with Crippen LogP contribution in [0.1, 0.15) is 32.3 Å². The summed E-state index contributed by atoms with van der Waals surface area (Å²) in [5.74, 6) is 0. The molecule has 1 aliphatic heterocycles. The largest absolute Gasteiger partial charge is 0.373 e. The first-order chi connectivity index (χ1) is 8.72. The van der Waals surface area contributed by atoms with Crippen molar-refractivity contribution >= 4 is 5.69 Å². The number of ether oxygens (including phenoxy) is 1. The van der Waals surface area contributed by atoms with E-state index in [1.807, 2.05) is 0 Å². The second-order valence-electron chi connectivity index (χ2n) is 5.06. The van der Waals surface area contributed by atoms with Gasteiger partial charge in [-0.3, -0.25) is 0 Å². The van der Waals surface area contributed by atoms with Gasteiger partial charge in [0, 0.05) is 25.3 Å². The van der Waals surface area contributed by atoms with Crippen LogP contribution >= 0.6 is 0 Å². The summed E-state index contributed by atoms with van der Waals surface area (Å²) >= 11 is 0. The molecule has 18 heavy (non-hydrogen) atoms. The average molecular weight is 248 g/mol. The molecule has 100 valence electrons. The van der Waals surface area contributed by atoms with Gasteiger partial charge in [-0.1, -0.05) is 12.1 Å². The molecule has 1 fully saturated rings. The highest BCUT2D eigenvalue weighted by atomic mass is 16.5. The van der Waals surface area contributed by atoms with Gasteiger partial charge in [-0.2, -0.15) is 0 Å². The van der Waals surface area contributed by atoms with Crippen LogP contribution < -0.4 is 10.6 Å². The summed E-state index contributed by atoms with van der Waals surface area (Å²) in [4.78, 5) is 2.38. The lowest BCUT2D eigenvalue weighted by molar-refractivity contribution is 0.0601. The van der Waals surface area contributed by atoms with Crippen molar-refractivity contribution in [3.63, 3.8) is 0 Å². The third kappa shape index (κ3) is 3.24. The lowest BCUT2D eigenvalue weighted by Crippen LogP contribution is -2.32. The molecule has 3 heteroatoms. The number of likely N-dealkylation sites (N-methyl/N-ethyl adjacent to an activating group) is 1. The Morgan fingerprint density at radius 2 is 2.00 bits per heavy atom. The molecule has 1 heterocycles. The molecule has 1 saturated heterocycles. The number of nitrogens with zero attached hydrogens (tertiary/aromatic N) is 1. The molecule has 0 bridgehead atoms. The van der Waals surface area contributed by atoms with Crippen LogP contribution in [-0.2, 0) is 11.3 Å². The fourth-order valence-electron chi connectivity index (χ4n) is 2.53. The summed E-state index contributed by atoms with van der Waals surface area (Å²) in [6.07, 6.45) is 3.18. The molecule has 2 unspecified atom stereocenters. The van der Waals surface area contributed by atoms with Gasteiger partial charge in [-0.15, -0.1) is 0 Å². The summed E-state index contributed by atoms with van der Waals surface area (Å²) in [6.45, 7) is 6.95. The minimum Gasteiger partial charge on any atom is -0.373 e. The summed E-state index contributed by atoms with van der Waals surface area (Å²) < 4.78 is 5.90. The molecule has 0 amide bonds. The number of nitrogens with two attached hydrogens (primary N) is 1. The zero-order valence-corrected chi connectivity index (χ0v) is 11.4. The SMILES string of the molecule is CCN(CC1CCC(C)O1)c1ccc(CN)cc1. The molecule has 1 aromatic rings. The number of hydrogen-bond donors (Lipinski definition) is 1. The van der Waals surface area contributed by atoms with Gasteiger partial charge in [0.05, 0.1) is 12.2 Å². The second kappa shape index (κ2) is 6.21. The second-order valence-corrected chi connectivity index (χ2v) is 5.06. The zero-order valence-electron chi connectivity index (χ0n) is 11.4. The number of hydrogen-bond acceptors (Lipinski definition) is 3. The van der Waals surface area contributed by atoms with E-state index in [4.69, 9.17) is 10.5 Å². The van der Waals surface area contributed by atoms with Crippen molar-refractivity contribution in [1.29, 1.82) is 0 Å². The van der Waals surface area contributed by atoms with E-state index in [1.165, 1.54) is 24.1 Å². The Kier molecular flexibility index (Phi) is 4.61. The Hall–Kier alpha value is -1.06. The maximum Gasteiger partial charge on any atom is 0.0754 e. The third-order valence-electron chi connectivity index (χ3n) is 3.66. The molecule has 0 spiro atoms. The first-order valence-corrected chi connectivity index (χ1v) is 6.92. The van der Waals surface area contributed by atoms with Crippen molar-refractivity contribution in [3.05, 3.63) is 29.8 Å². The van der Waals surface area contributed by atoms with Gasteiger partial charge in [0.2, 0.25) is 0 Å². The van der Waals surface area contributed by atoms with Crippen LogP contribution in [0, 0.1) is 0 Å². The van der Waals surface area contributed by atoms with Gasteiger partial charge in [0.15, 0.2) is 0 Å². The van der Waals surface area contributed by atoms with Crippen LogP contribution in [-0.4, -0.2) is 25.3 Å². The molecule has 0 saturated carbocycles. The predicted octanol–water partition coefficient (Wildman–Crippen LogP) is 2.54. The Balaban J connectivity index is 1.98. The summed E-state index contributed by atoms with van der Waals surface area (Å²) in [5.41, 5.74) is 8.07. The monoisotopic (exact) mass is 248 g/mol. The van der Waals surface area contributed by atoms with Gasteiger partial charge in [-0.05, 0) is 44.4 Å². The van der Waals surface area contributed by atoms with Crippen molar-refractivity contribution in [3.8, 4) is 0 Å². The minimum absolute atomic E-state index is 0.383. The molecular formula is C15H24N2O. The Labute approximate surface area is 110 Å². The maximum absolute atomic E-state index is 5.90. The predicted molar refractivity (Wildman–Crippen MR) is 75.8 cm³/mol. The van der Waals surface area contributed by atoms with Crippen LogP contribution in [0.25, 0.3) is 0 Å². The summed E-state index contributed by atoms with van der Waals surface area (Å²) in [6, 6.07) is 8.53. The van der Waals surface area contributed by atoms with Gasteiger partial charge in [0.1, 0.15) is 0 Å². The van der Waals surface area contributed by atoms with E-state index in [0.29, 0.717) is 18.8 Å². The molecule has 1 aromatic carbocycles. The fraction of sp³-hybridized carbons (Fsp3) is 0.600. The van der Waals surface area contributed by atoms with Gasteiger partial charge < -0.3 is 15.4 Å². The van der Waals surface area contributed by atoms with Crippen LogP contribution in [0.2, 0.25) is 0 Å². The van der Waals surface area contributed by atoms with Crippen LogP contribution in [0.3, 0.4) is 0 Å². The van der Waals surface area contributed by atoms with Crippen molar-refractivity contribution in [2.24, 2.45) is 5.73 Å². The molecule has 0 radical (unpaired) electrons. The number of anilines is 1. The van der Waals surface area contributed by atoms with E-state index in [0.717, 1.165) is 13.1 Å². The van der Waals surface area contributed by atoms with Crippen LogP contribution in [0.4, 0.5) is 5.69 Å². The van der Waals surface area contributed by atoms with E-state index in [9.17, 15) is 0 Å². The van der Waals surface area contributed by atoms with E-state index < -0.39 is 0 Å². The lowest BCUT2D eigenvalue weighted by atomic mass is 10.1. The standard InChI is InChI=1S/C15H24N2O/c1-3-17(11-15-9-4-12(2)18-15)14-7-5-13(10-16)6-8-14/h5-8,12,15H,3-4,9-11,16H2,1-2H3. The number of rotatable bonds is 5. The summed E-state index contributed by atoms with van der Waals surface area (Å²) in [5, 5.41) is 0. The first-order valence-electron chi connectivity index (χ1n) is 6.92. The molecule has 2 N–H and O–H groups in total. The quantitative estimate of drug-likeness (QED) is 0.870. The Bertz CT molecular complexity index is 363. The third-order valence-corrected chi connectivity index (χ3v) is 3.66. The van der Waals surface area contributed by atoms with Crippen molar-refractivity contribution in [2.75, 3.05) is 18.0 Å². The molecule has 1 aliphatic rings. The van der Waals surface area contributed by atoms with E-state index in [1.54, 1.807) is 0 Å². The average Bonchev–Trinajstić information content (AvgIpc) is 2.82. The first kappa shape index (κ1) is 13.4. The molecule has 0 aliphatic carbocycles. The van der Waals surface area contributed by atoms with Gasteiger partial charge in [0.25, 0.3) is 0 Å². The highest BCUT2D eigenvalue weighted by molar-refractivity contribution is 5.47. The van der Waals surface area contributed by atoms with Gasteiger partial charge in [-0.25, -0.2) is 0 Å². The van der Waals surface area contributed by atoms with E-state index in [-0.39, 0.29) is 0 Å². The van der Waals surface area contributed by atoms with Crippen molar-refractivity contribution in [1.82, 2.24) is 0 Å². The topological polar surface area (TPSA) is 38.5 Å². The molecule has 0 aromatic heterocycles. The molecule has 2 rings (SSSR count). The Morgan fingerprint density at radius 3 is 2.50 bits per heavy atom. The molecule has 2 atom stereocenters. The highest BCUT2D eigenvalue weighted by Crippen LogP contribution is 2.22. The smallest absolute Gasteiger partial charge is 0.0754 e. The Morgan fingerprint density at radius 1 is 1.28 bits per heavy atom.